The van der Waals surface area contributed by atoms with Gasteiger partial charge in [-0.3, -0.25) is 4.79 Å². The van der Waals surface area contributed by atoms with Gasteiger partial charge < -0.3 is 28.4 Å². The van der Waals surface area contributed by atoms with Crippen LogP contribution in [-0.4, -0.2) is 78.7 Å². The molecule has 5 rings (SSSR count). The maximum absolute atomic E-state index is 13.4. The predicted octanol–water partition coefficient (Wildman–Crippen LogP) is 5.14. The molecule has 11 heteroatoms. The minimum Gasteiger partial charge on any atom is -0.493 e. The van der Waals surface area contributed by atoms with Gasteiger partial charge in [0.25, 0.3) is 0 Å². The molecule has 2 aromatic carbocycles. The van der Waals surface area contributed by atoms with E-state index in [4.69, 9.17) is 33.9 Å². The fourth-order valence-corrected chi connectivity index (χ4v) is 5.44. The molecule has 0 saturated carbocycles. The van der Waals surface area contributed by atoms with Crippen molar-refractivity contribution in [3.8, 4) is 17.2 Å². The van der Waals surface area contributed by atoms with E-state index in [2.05, 4.69) is 24.0 Å². The summed E-state index contributed by atoms with van der Waals surface area (Å²) in [4.78, 5) is 30.5. The van der Waals surface area contributed by atoms with E-state index in [0.29, 0.717) is 59.1 Å². The largest absolute Gasteiger partial charge is 0.493 e. The first kappa shape index (κ1) is 29.4. The van der Waals surface area contributed by atoms with Crippen LogP contribution in [0, 0.1) is 0 Å². The van der Waals surface area contributed by atoms with Gasteiger partial charge in [0.2, 0.25) is 5.75 Å². The molecule has 0 radical (unpaired) electrons. The highest BCUT2D eigenvalue weighted by molar-refractivity contribution is 7.99. The van der Waals surface area contributed by atoms with Crippen molar-refractivity contribution in [3.63, 3.8) is 0 Å². The van der Waals surface area contributed by atoms with E-state index in [9.17, 15) is 4.79 Å². The van der Waals surface area contributed by atoms with Crippen LogP contribution in [0.3, 0.4) is 0 Å². The summed E-state index contributed by atoms with van der Waals surface area (Å²) in [6, 6.07) is 13.4. The maximum Gasteiger partial charge on any atom is 0.203 e. The van der Waals surface area contributed by atoms with E-state index in [1.165, 1.54) is 27.4 Å². The van der Waals surface area contributed by atoms with Crippen molar-refractivity contribution >= 4 is 40.6 Å². The zero-order valence-electron chi connectivity index (χ0n) is 24.3. The average molecular weight is 590 g/mol. The molecule has 0 N–H and O–H groups in total. The number of carbonyl (C=O) groups excluding carboxylic acids is 1. The van der Waals surface area contributed by atoms with Gasteiger partial charge in [0.05, 0.1) is 41.1 Å². The van der Waals surface area contributed by atoms with E-state index in [-0.39, 0.29) is 5.78 Å². The number of fused-ring (bicyclic) bond motifs is 1. The summed E-state index contributed by atoms with van der Waals surface area (Å²) in [6.07, 6.45) is 4.26. The summed E-state index contributed by atoms with van der Waals surface area (Å²) in [5, 5.41) is 0.712. The number of hydrogen-bond acceptors (Lipinski definition) is 10. The number of aromatic nitrogens is 4. The van der Waals surface area contributed by atoms with Gasteiger partial charge in [-0.25, -0.2) is 15.0 Å². The summed E-state index contributed by atoms with van der Waals surface area (Å²) in [5.74, 6) is 3.33. The Kier molecular flexibility index (Phi) is 9.60. The zero-order valence-corrected chi connectivity index (χ0v) is 25.1. The van der Waals surface area contributed by atoms with Gasteiger partial charge in [-0.1, -0.05) is 49.0 Å². The number of carbonyl (C=O) groups is 1. The van der Waals surface area contributed by atoms with Gasteiger partial charge in [0.1, 0.15) is 5.82 Å². The Balaban J connectivity index is 1.61. The van der Waals surface area contributed by atoms with Crippen LogP contribution in [0.5, 0.6) is 17.2 Å². The van der Waals surface area contributed by atoms with E-state index >= 15 is 0 Å². The van der Waals surface area contributed by atoms with E-state index in [1.54, 1.807) is 30.0 Å². The second kappa shape index (κ2) is 13.7. The first-order valence-corrected chi connectivity index (χ1v) is 14.8. The third-order valence-electron chi connectivity index (χ3n) is 6.85. The molecule has 0 atom stereocenters. The summed E-state index contributed by atoms with van der Waals surface area (Å²) >= 11 is 1.64. The molecule has 1 fully saturated rings. The number of nitrogens with zero attached hydrogens (tertiary/aromatic N) is 5. The topological polar surface area (TPSA) is 101 Å². The molecule has 0 amide bonds. The molecule has 1 aliphatic rings. The van der Waals surface area contributed by atoms with Crippen molar-refractivity contribution in [2.24, 2.45) is 0 Å². The number of imidazole rings is 1. The van der Waals surface area contributed by atoms with Gasteiger partial charge in [-0.2, -0.15) is 0 Å². The fourth-order valence-electron chi connectivity index (χ4n) is 4.76. The number of hydrogen-bond donors (Lipinski definition) is 0. The van der Waals surface area contributed by atoms with Crippen LogP contribution in [0.15, 0.2) is 53.7 Å². The average Bonchev–Trinajstić information content (AvgIpc) is 3.38. The molecule has 4 aromatic rings. The van der Waals surface area contributed by atoms with Crippen LogP contribution in [0.4, 0.5) is 5.82 Å². The number of anilines is 1. The van der Waals surface area contributed by atoms with Crippen LogP contribution in [0.2, 0.25) is 0 Å². The number of rotatable bonds is 12. The van der Waals surface area contributed by atoms with Crippen LogP contribution in [0.25, 0.3) is 17.2 Å². The van der Waals surface area contributed by atoms with Crippen molar-refractivity contribution in [3.05, 3.63) is 65.5 Å². The lowest BCUT2D eigenvalue weighted by Gasteiger charge is -2.28. The molecule has 0 unspecified atom stereocenters. The number of ether oxygens (including phenoxy) is 4. The molecular formula is C31H35N5O5S. The van der Waals surface area contributed by atoms with Gasteiger partial charge in [-0.15, -0.1) is 0 Å². The summed E-state index contributed by atoms with van der Waals surface area (Å²) in [6.45, 7) is 5.38. The third-order valence-corrected chi connectivity index (χ3v) is 7.90. The highest BCUT2D eigenvalue weighted by Gasteiger charge is 2.23. The SMILES string of the molecule is CCCSc1nc(N2CCOCC2)c2nc(/C=C/C(=O)c3cc(OC)c(OC)c(OC)c3)n(Cc3ccccc3)c2n1. The number of methoxy groups -OCH3 is 3. The van der Waals surface area contributed by atoms with Gasteiger partial charge >= 0.3 is 0 Å². The summed E-state index contributed by atoms with van der Waals surface area (Å²) in [5.41, 5.74) is 2.93. The number of morpholine rings is 1. The van der Waals surface area contributed by atoms with Gasteiger partial charge in [0.15, 0.2) is 39.4 Å². The Morgan fingerprint density at radius 3 is 2.36 bits per heavy atom. The molecule has 1 aliphatic heterocycles. The first-order valence-electron chi connectivity index (χ1n) is 13.9. The third kappa shape index (κ3) is 6.37. The molecule has 3 heterocycles. The van der Waals surface area contributed by atoms with E-state index < -0.39 is 0 Å². The molecule has 0 spiro atoms. The number of thioether (sulfide) groups is 1. The van der Waals surface area contributed by atoms with Crippen LogP contribution in [0.1, 0.15) is 35.1 Å². The van der Waals surface area contributed by atoms with Gasteiger partial charge in [0, 0.05) is 24.4 Å². The zero-order chi connectivity index (χ0) is 29.5. The molecule has 1 saturated heterocycles. The molecule has 0 aliphatic carbocycles. The second-order valence-electron chi connectivity index (χ2n) is 9.60. The van der Waals surface area contributed by atoms with Crippen LogP contribution >= 0.6 is 11.8 Å². The molecule has 10 nitrogen and oxygen atoms in total. The standard InChI is InChI=1S/C31H35N5O5S/c1-5-17-42-31-33-29(35-13-15-41-16-14-35)27-30(34-31)36(20-21-9-7-6-8-10-21)26(32-27)12-11-23(37)22-18-24(38-2)28(40-4)25(19-22)39-3/h6-12,18-19H,5,13-17,20H2,1-4H3/b12-11+. The predicted molar refractivity (Wildman–Crippen MR) is 164 cm³/mol. The van der Waals surface area contributed by atoms with E-state index in [0.717, 1.165) is 42.3 Å². The summed E-state index contributed by atoms with van der Waals surface area (Å²) in [7, 11) is 4.57. The normalized spacial score (nSPS) is 13.6. The quantitative estimate of drug-likeness (QED) is 0.0956. The molecular weight excluding hydrogens is 554 g/mol. The van der Waals surface area contributed by atoms with E-state index in [1.807, 2.05) is 22.8 Å². The van der Waals surface area contributed by atoms with Crippen molar-refractivity contribution in [2.75, 3.05) is 58.3 Å². The smallest absolute Gasteiger partial charge is 0.203 e. The van der Waals surface area contributed by atoms with Crippen LogP contribution < -0.4 is 19.1 Å². The lowest BCUT2D eigenvalue weighted by atomic mass is 10.1. The minimum atomic E-state index is -0.230. The Bertz CT molecular complexity index is 1540. The monoisotopic (exact) mass is 589 g/mol. The summed E-state index contributed by atoms with van der Waals surface area (Å²) < 4.78 is 23.9. The minimum absolute atomic E-state index is 0.230. The Morgan fingerprint density at radius 1 is 1.00 bits per heavy atom. The van der Waals surface area contributed by atoms with Crippen molar-refractivity contribution < 1.29 is 23.7 Å². The Hall–Kier alpha value is -4.09. The molecule has 42 heavy (non-hydrogen) atoms. The van der Waals surface area contributed by atoms with Crippen molar-refractivity contribution in [1.82, 2.24) is 19.5 Å². The lowest BCUT2D eigenvalue weighted by Crippen LogP contribution is -2.37. The molecule has 0 bridgehead atoms. The highest BCUT2D eigenvalue weighted by Crippen LogP contribution is 2.38. The van der Waals surface area contributed by atoms with Crippen molar-refractivity contribution in [1.29, 1.82) is 0 Å². The van der Waals surface area contributed by atoms with Gasteiger partial charge in [-0.05, 0) is 36.3 Å². The number of ketones is 1. The lowest BCUT2D eigenvalue weighted by molar-refractivity contribution is 0.104. The highest BCUT2D eigenvalue weighted by atomic mass is 32.2. The Morgan fingerprint density at radius 2 is 1.71 bits per heavy atom. The fraction of sp³-hybridized carbons (Fsp3) is 0.355. The molecule has 2 aromatic heterocycles. The van der Waals surface area contributed by atoms with Crippen LogP contribution in [-0.2, 0) is 11.3 Å². The molecule has 220 valence electrons. The second-order valence-corrected chi connectivity index (χ2v) is 10.7. The number of benzene rings is 2. The first-order chi connectivity index (χ1) is 20.6. The Labute approximate surface area is 249 Å². The number of allylic oxidation sites excluding steroid dienone is 1. The maximum atomic E-state index is 13.4. The van der Waals surface area contributed by atoms with Crippen molar-refractivity contribution in [2.45, 2.75) is 25.0 Å².